The number of nitriles is 1. The van der Waals surface area contributed by atoms with Gasteiger partial charge in [0.05, 0.1) is 11.5 Å². The Morgan fingerprint density at radius 2 is 2.00 bits per heavy atom. The lowest BCUT2D eigenvalue weighted by molar-refractivity contribution is 0.180. The van der Waals surface area contributed by atoms with E-state index in [0.717, 1.165) is 25.2 Å². The monoisotopic (exact) mass is 193 g/mol. The second kappa shape index (κ2) is 4.82. The zero-order chi connectivity index (χ0) is 10.6. The summed E-state index contributed by atoms with van der Waals surface area (Å²) in [5.74, 6) is 1.55. The SMILES string of the molecule is CCC(C)CC1(C#N)CCC(C)CC1. The van der Waals surface area contributed by atoms with Crippen molar-refractivity contribution in [2.24, 2.45) is 17.3 Å². The highest BCUT2D eigenvalue weighted by Crippen LogP contribution is 2.43. The molecule has 0 heterocycles. The Morgan fingerprint density at radius 1 is 1.43 bits per heavy atom. The zero-order valence-electron chi connectivity index (χ0n) is 9.84. The van der Waals surface area contributed by atoms with Gasteiger partial charge >= 0.3 is 0 Å². The first-order chi connectivity index (χ1) is 6.62. The Hall–Kier alpha value is -0.510. The number of hydrogen-bond acceptors (Lipinski definition) is 1. The van der Waals surface area contributed by atoms with E-state index in [-0.39, 0.29) is 5.41 Å². The van der Waals surface area contributed by atoms with Gasteiger partial charge in [0, 0.05) is 0 Å². The molecule has 1 unspecified atom stereocenters. The molecule has 0 saturated heterocycles. The van der Waals surface area contributed by atoms with Crippen LogP contribution in [0.5, 0.6) is 0 Å². The molecule has 1 saturated carbocycles. The van der Waals surface area contributed by atoms with Gasteiger partial charge in [-0.2, -0.15) is 5.26 Å². The van der Waals surface area contributed by atoms with Crippen LogP contribution in [0.15, 0.2) is 0 Å². The normalized spacial score (nSPS) is 34.9. The van der Waals surface area contributed by atoms with Gasteiger partial charge in [0.2, 0.25) is 0 Å². The van der Waals surface area contributed by atoms with Crippen molar-refractivity contribution in [3.05, 3.63) is 0 Å². The van der Waals surface area contributed by atoms with Crippen molar-refractivity contribution < 1.29 is 0 Å². The molecule has 1 atom stereocenters. The summed E-state index contributed by atoms with van der Waals surface area (Å²) in [6.45, 7) is 6.81. The van der Waals surface area contributed by atoms with Crippen LogP contribution >= 0.6 is 0 Å². The van der Waals surface area contributed by atoms with Crippen LogP contribution in [0.1, 0.15) is 59.3 Å². The minimum Gasteiger partial charge on any atom is -0.198 e. The molecule has 1 heteroatoms. The van der Waals surface area contributed by atoms with Crippen molar-refractivity contribution in [2.75, 3.05) is 0 Å². The molecule has 0 aromatic heterocycles. The maximum Gasteiger partial charge on any atom is 0.0689 e. The summed E-state index contributed by atoms with van der Waals surface area (Å²) >= 11 is 0. The molecule has 1 nitrogen and oxygen atoms in total. The molecule has 0 spiro atoms. The summed E-state index contributed by atoms with van der Waals surface area (Å²) in [5, 5.41) is 9.32. The predicted molar refractivity (Wildman–Crippen MR) is 59.8 cm³/mol. The second-order valence-electron chi connectivity index (χ2n) is 5.29. The topological polar surface area (TPSA) is 23.8 Å². The molecule has 14 heavy (non-hydrogen) atoms. The summed E-state index contributed by atoms with van der Waals surface area (Å²) in [4.78, 5) is 0. The van der Waals surface area contributed by atoms with E-state index in [1.165, 1.54) is 19.3 Å². The second-order valence-corrected chi connectivity index (χ2v) is 5.29. The molecule has 1 rings (SSSR count). The Bertz CT molecular complexity index is 206. The van der Waals surface area contributed by atoms with Crippen molar-refractivity contribution in [1.29, 1.82) is 5.26 Å². The van der Waals surface area contributed by atoms with Crippen LogP contribution < -0.4 is 0 Å². The van der Waals surface area contributed by atoms with Crippen LogP contribution in [0.25, 0.3) is 0 Å². The van der Waals surface area contributed by atoms with Crippen molar-refractivity contribution in [3.63, 3.8) is 0 Å². The van der Waals surface area contributed by atoms with E-state index in [4.69, 9.17) is 0 Å². The fraction of sp³-hybridized carbons (Fsp3) is 0.923. The van der Waals surface area contributed by atoms with E-state index < -0.39 is 0 Å². The fourth-order valence-electron chi connectivity index (χ4n) is 2.49. The minimum absolute atomic E-state index is 0.0297. The van der Waals surface area contributed by atoms with Crippen molar-refractivity contribution in [3.8, 4) is 6.07 Å². The van der Waals surface area contributed by atoms with Crippen molar-refractivity contribution >= 4 is 0 Å². The van der Waals surface area contributed by atoms with Gasteiger partial charge in [-0.1, -0.05) is 27.2 Å². The summed E-state index contributed by atoms with van der Waals surface area (Å²) < 4.78 is 0. The Morgan fingerprint density at radius 3 is 2.43 bits per heavy atom. The zero-order valence-corrected chi connectivity index (χ0v) is 9.84. The molecule has 0 bridgehead atoms. The lowest BCUT2D eigenvalue weighted by Crippen LogP contribution is -2.27. The van der Waals surface area contributed by atoms with Crippen LogP contribution in [-0.4, -0.2) is 0 Å². The van der Waals surface area contributed by atoms with Gasteiger partial charge in [-0.15, -0.1) is 0 Å². The molecular formula is C13H23N. The van der Waals surface area contributed by atoms with Crippen molar-refractivity contribution in [1.82, 2.24) is 0 Å². The van der Waals surface area contributed by atoms with Gasteiger partial charge in [0.25, 0.3) is 0 Å². The largest absolute Gasteiger partial charge is 0.198 e. The Kier molecular flexibility index (Phi) is 3.98. The smallest absolute Gasteiger partial charge is 0.0689 e. The first kappa shape index (κ1) is 11.6. The molecule has 1 fully saturated rings. The average Bonchev–Trinajstić information content (AvgIpc) is 2.22. The third-order valence-electron chi connectivity index (χ3n) is 3.90. The molecule has 80 valence electrons. The predicted octanol–water partition coefficient (Wildman–Crippen LogP) is 4.14. The molecule has 1 aliphatic carbocycles. The van der Waals surface area contributed by atoms with E-state index in [1.807, 2.05) is 0 Å². The van der Waals surface area contributed by atoms with Crippen LogP contribution in [-0.2, 0) is 0 Å². The molecule has 0 aromatic carbocycles. The Balaban J connectivity index is 2.55. The molecule has 0 aromatic rings. The highest BCUT2D eigenvalue weighted by molar-refractivity contribution is 5.01. The standard InChI is InChI=1S/C13H23N/c1-4-11(2)9-13(10-14)7-5-12(3)6-8-13/h11-12H,4-9H2,1-3H3. The van der Waals surface area contributed by atoms with E-state index in [0.29, 0.717) is 5.92 Å². The third-order valence-corrected chi connectivity index (χ3v) is 3.90. The molecule has 0 amide bonds. The first-order valence-electron chi connectivity index (χ1n) is 6.03. The first-order valence-corrected chi connectivity index (χ1v) is 6.03. The Labute approximate surface area is 88.5 Å². The summed E-state index contributed by atoms with van der Waals surface area (Å²) in [5.41, 5.74) is 0.0297. The third kappa shape index (κ3) is 2.74. The summed E-state index contributed by atoms with van der Waals surface area (Å²) in [7, 11) is 0. The summed E-state index contributed by atoms with van der Waals surface area (Å²) in [6.07, 6.45) is 7.10. The maximum absolute atomic E-state index is 9.32. The lowest BCUT2D eigenvalue weighted by Gasteiger charge is -2.35. The highest BCUT2D eigenvalue weighted by Gasteiger charge is 2.34. The van der Waals surface area contributed by atoms with Crippen molar-refractivity contribution in [2.45, 2.75) is 59.3 Å². The minimum atomic E-state index is 0.0297. The summed E-state index contributed by atoms with van der Waals surface area (Å²) in [6, 6.07) is 2.60. The van der Waals surface area contributed by atoms with E-state index in [1.54, 1.807) is 0 Å². The van der Waals surface area contributed by atoms with Crippen LogP contribution in [0.4, 0.5) is 0 Å². The molecule has 1 aliphatic rings. The van der Waals surface area contributed by atoms with Gasteiger partial charge in [0.15, 0.2) is 0 Å². The molecule has 0 N–H and O–H groups in total. The van der Waals surface area contributed by atoms with Gasteiger partial charge in [-0.05, 0) is 43.9 Å². The van der Waals surface area contributed by atoms with Gasteiger partial charge < -0.3 is 0 Å². The van der Waals surface area contributed by atoms with Crippen LogP contribution in [0.2, 0.25) is 0 Å². The van der Waals surface area contributed by atoms with E-state index in [2.05, 4.69) is 26.8 Å². The number of rotatable bonds is 3. The van der Waals surface area contributed by atoms with E-state index in [9.17, 15) is 5.26 Å². The van der Waals surface area contributed by atoms with Crippen LogP contribution in [0.3, 0.4) is 0 Å². The quantitative estimate of drug-likeness (QED) is 0.660. The average molecular weight is 193 g/mol. The molecule has 0 radical (unpaired) electrons. The van der Waals surface area contributed by atoms with Gasteiger partial charge in [0.1, 0.15) is 0 Å². The number of hydrogen-bond donors (Lipinski definition) is 0. The lowest BCUT2D eigenvalue weighted by atomic mass is 9.67. The molecular weight excluding hydrogens is 170 g/mol. The van der Waals surface area contributed by atoms with Gasteiger partial charge in [-0.25, -0.2) is 0 Å². The fourth-order valence-corrected chi connectivity index (χ4v) is 2.49. The van der Waals surface area contributed by atoms with E-state index >= 15 is 0 Å². The van der Waals surface area contributed by atoms with Crippen LogP contribution in [0, 0.1) is 28.6 Å². The molecule has 0 aliphatic heterocycles. The number of nitrogens with zero attached hydrogens (tertiary/aromatic N) is 1. The maximum atomic E-state index is 9.32. The van der Waals surface area contributed by atoms with Gasteiger partial charge in [-0.3, -0.25) is 0 Å². The highest BCUT2D eigenvalue weighted by atomic mass is 14.4.